The van der Waals surface area contributed by atoms with Gasteiger partial charge in [-0.1, -0.05) is 26.0 Å². The van der Waals surface area contributed by atoms with E-state index in [1.807, 2.05) is 13.8 Å². The molecule has 0 heterocycles. The summed E-state index contributed by atoms with van der Waals surface area (Å²) in [4.78, 5) is 60.3. The van der Waals surface area contributed by atoms with Crippen molar-refractivity contribution in [2.24, 2.45) is 17.4 Å². The van der Waals surface area contributed by atoms with Crippen molar-refractivity contribution >= 4 is 29.6 Å². The number of aromatic hydroxyl groups is 1. The van der Waals surface area contributed by atoms with Crippen LogP contribution in [-0.2, 0) is 30.4 Å². The van der Waals surface area contributed by atoms with Crippen LogP contribution in [0.4, 0.5) is 0 Å². The van der Waals surface area contributed by atoms with E-state index in [9.17, 15) is 34.2 Å². The highest BCUT2D eigenvalue weighted by Crippen LogP contribution is 2.12. The van der Waals surface area contributed by atoms with Crippen LogP contribution >= 0.6 is 0 Å². The second-order valence-corrected chi connectivity index (χ2v) is 8.29. The monoisotopic (exact) mass is 479 g/mol. The first-order chi connectivity index (χ1) is 15.9. The van der Waals surface area contributed by atoms with Crippen molar-refractivity contribution in [2.45, 2.75) is 57.7 Å². The van der Waals surface area contributed by atoms with Gasteiger partial charge in [-0.15, -0.1) is 0 Å². The number of nitrogens with two attached hydrogens (primary N) is 2. The largest absolute Gasteiger partial charge is 0.508 e. The van der Waals surface area contributed by atoms with E-state index < -0.39 is 47.7 Å². The molecule has 0 bridgehead atoms. The first-order valence-electron chi connectivity index (χ1n) is 10.8. The number of primary amides is 1. The first-order valence-corrected chi connectivity index (χ1v) is 10.8. The molecule has 0 fully saturated rings. The first kappa shape index (κ1) is 28.4. The number of nitrogens with one attached hydrogen (secondary N) is 3. The van der Waals surface area contributed by atoms with Gasteiger partial charge in [0, 0.05) is 12.8 Å². The maximum atomic E-state index is 12.9. The van der Waals surface area contributed by atoms with Gasteiger partial charge in [0.25, 0.3) is 0 Å². The summed E-state index contributed by atoms with van der Waals surface area (Å²) in [5, 5.41) is 26.3. The van der Waals surface area contributed by atoms with E-state index in [0.29, 0.717) is 5.56 Å². The minimum atomic E-state index is -1.29. The summed E-state index contributed by atoms with van der Waals surface area (Å²) in [7, 11) is 0. The van der Waals surface area contributed by atoms with Crippen LogP contribution in [-0.4, -0.2) is 64.5 Å². The molecule has 0 spiro atoms. The predicted molar refractivity (Wildman–Crippen MR) is 122 cm³/mol. The van der Waals surface area contributed by atoms with Crippen molar-refractivity contribution in [1.29, 1.82) is 0 Å². The lowest BCUT2D eigenvalue weighted by Crippen LogP contribution is -2.56. The molecule has 0 saturated heterocycles. The van der Waals surface area contributed by atoms with Gasteiger partial charge in [-0.25, -0.2) is 4.79 Å². The van der Waals surface area contributed by atoms with E-state index >= 15 is 0 Å². The normalized spacial score (nSPS) is 13.4. The van der Waals surface area contributed by atoms with Crippen LogP contribution < -0.4 is 27.4 Å². The zero-order chi connectivity index (χ0) is 25.8. The van der Waals surface area contributed by atoms with Crippen LogP contribution in [0, 0.1) is 5.92 Å². The summed E-state index contributed by atoms with van der Waals surface area (Å²) in [6.45, 7) is 3.25. The Kier molecular flexibility index (Phi) is 11.5. The molecule has 4 amide bonds. The van der Waals surface area contributed by atoms with Gasteiger partial charge >= 0.3 is 5.97 Å². The van der Waals surface area contributed by atoms with Crippen LogP contribution in [0.5, 0.6) is 5.75 Å². The minimum absolute atomic E-state index is 0.0204. The van der Waals surface area contributed by atoms with Crippen molar-refractivity contribution < 1.29 is 34.2 Å². The molecule has 1 rings (SSSR count). The molecule has 0 saturated carbocycles. The van der Waals surface area contributed by atoms with Crippen molar-refractivity contribution in [3.63, 3.8) is 0 Å². The number of rotatable bonds is 14. The lowest BCUT2D eigenvalue weighted by Gasteiger charge is -2.25. The second-order valence-electron chi connectivity index (χ2n) is 8.29. The van der Waals surface area contributed by atoms with Gasteiger partial charge in [-0.3, -0.25) is 19.2 Å². The number of carbonyl (C=O) groups excluding carboxylic acids is 4. The average Bonchev–Trinajstić information content (AvgIpc) is 2.76. The standard InChI is InChI=1S/C22H33N5O7/c1-12(2)9-16(26-20(31)15(7-8-18(24)29)25-19(30)11-23)21(32)27-17(22(33)34)10-13-3-5-14(28)6-4-13/h3-6,12,15-17,28H,7-11,23H2,1-2H3,(H2,24,29)(H,25,30)(H,26,31)(H,27,32)(H,33,34). The van der Waals surface area contributed by atoms with Crippen molar-refractivity contribution in [3.8, 4) is 5.75 Å². The number of amides is 4. The summed E-state index contributed by atoms with van der Waals surface area (Å²) >= 11 is 0. The maximum Gasteiger partial charge on any atom is 0.326 e. The Morgan fingerprint density at radius 3 is 1.97 bits per heavy atom. The zero-order valence-corrected chi connectivity index (χ0v) is 19.2. The number of phenolic OH excluding ortho intramolecular Hbond substituents is 1. The number of hydrogen-bond acceptors (Lipinski definition) is 7. The third kappa shape index (κ3) is 10.3. The van der Waals surface area contributed by atoms with Gasteiger partial charge in [-0.05, 0) is 36.5 Å². The SMILES string of the molecule is CC(C)CC(NC(=O)C(CCC(N)=O)NC(=O)CN)C(=O)NC(Cc1ccc(O)cc1)C(=O)O. The summed E-state index contributed by atoms with van der Waals surface area (Å²) < 4.78 is 0. The zero-order valence-electron chi connectivity index (χ0n) is 19.2. The number of benzene rings is 1. The molecule has 1 aromatic rings. The number of carbonyl (C=O) groups is 5. The highest BCUT2D eigenvalue weighted by atomic mass is 16.4. The molecule has 0 radical (unpaired) electrons. The Hall–Kier alpha value is -3.67. The van der Waals surface area contributed by atoms with Crippen LogP contribution in [0.25, 0.3) is 0 Å². The molecule has 3 unspecified atom stereocenters. The highest BCUT2D eigenvalue weighted by Gasteiger charge is 2.30. The summed E-state index contributed by atoms with van der Waals surface area (Å²) in [5.74, 6) is -4.04. The van der Waals surface area contributed by atoms with E-state index in [1.165, 1.54) is 24.3 Å². The lowest BCUT2D eigenvalue weighted by atomic mass is 10.0. The Labute approximate surface area is 197 Å². The second kappa shape index (κ2) is 13.8. The van der Waals surface area contributed by atoms with Crippen molar-refractivity contribution in [1.82, 2.24) is 16.0 Å². The number of phenols is 1. The summed E-state index contributed by atoms with van der Waals surface area (Å²) in [6, 6.07) is 2.34. The Bertz CT molecular complexity index is 873. The molecule has 12 heteroatoms. The Balaban J connectivity index is 2.98. The topological polar surface area (TPSA) is 214 Å². The molecule has 0 aliphatic heterocycles. The smallest absolute Gasteiger partial charge is 0.326 e. The molecule has 1 aromatic carbocycles. The van der Waals surface area contributed by atoms with Crippen LogP contribution in [0.15, 0.2) is 24.3 Å². The van der Waals surface area contributed by atoms with Gasteiger partial charge in [0.05, 0.1) is 6.54 Å². The number of hydrogen-bond donors (Lipinski definition) is 7. The van der Waals surface area contributed by atoms with E-state index in [1.54, 1.807) is 0 Å². The number of aliphatic carboxylic acids is 1. The molecular weight excluding hydrogens is 446 g/mol. The molecule has 0 aromatic heterocycles. The summed E-state index contributed by atoms with van der Waals surface area (Å²) in [5.41, 5.74) is 11.0. The minimum Gasteiger partial charge on any atom is -0.508 e. The van der Waals surface area contributed by atoms with E-state index in [-0.39, 0.29) is 43.9 Å². The molecule has 0 aliphatic rings. The third-order valence-corrected chi connectivity index (χ3v) is 4.85. The molecule has 3 atom stereocenters. The molecule has 188 valence electrons. The lowest BCUT2D eigenvalue weighted by molar-refractivity contribution is -0.142. The average molecular weight is 480 g/mol. The molecule has 12 nitrogen and oxygen atoms in total. The van der Waals surface area contributed by atoms with Crippen LogP contribution in [0.3, 0.4) is 0 Å². The predicted octanol–water partition coefficient (Wildman–Crippen LogP) is -1.26. The number of carboxylic acid groups (broad SMARTS) is 1. The molecule has 0 aliphatic carbocycles. The van der Waals surface area contributed by atoms with Gasteiger partial charge in [-0.2, -0.15) is 0 Å². The maximum absolute atomic E-state index is 12.9. The van der Waals surface area contributed by atoms with Gasteiger partial charge in [0.15, 0.2) is 0 Å². The fraction of sp³-hybridized carbons (Fsp3) is 0.500. The van der Waals surface area contributed by atoms with E-state index in [4.69, 9.17) is 11.5 Å². The van der Waals surface area contributed by atoms with Gasteiger partial charge in [0.2, 0.25) is 23.6 Å². The Morgan fingerprint density at radius 1 is 0.912 bits per heavy atom. The molecule has 9 N–H and O–H groups in total. The summed E-state index contributed by atoms with van der Waals surface area (Å²) in [6.07, 6.45) is -0.132. The highest BCUT2D eigenvalue weighted by molar-refractivity contribution is 5.93. The number of carboxylic acids is 1. The van der Waals surface area contributed by atoms with E-state index in [0.717, 1.165) is 0 Å². The van der Waals surface area contributed by atoms with Crippen molar-refractivity contribution in [3.05, 3.63) is 29.8 Å². The van der Waals surface area contributed by atoms with Crippen LogP contribution in [0.1, 0.15) is 38.7 Å². The van der Waals surface area contributed by atoms with Gasteiger partial charge in [0.1, 0.15) is 23.9 Å². The fourth-order valence-corrected chi connectivity index (χ4v) is 3.12. The van der Waals surface area contributed by atoms with Crippen molar-refractivity contribution in [2.75, 3.05) is 6.54 Å². The quantitative estimate of drug-likeness (QED) is 0.171. The molecule has 34 heavy (non-hydrogen) atoms. The van der Waals surface area contributed by atoms with Gasteiger partial charge < -0.3 is 37.6 Å². The van der Waals surface area contributed by atoms with Crippen LogP contribution in [0.2, 0.25) is 0 Å². The molecular formula is C22H33N5O7. The van der Waals surface area contributed by atoms with E-state index in [2.05, 4.69) is 16.0 Å². The fourth-order valence-electron chi connectivity index (χ4n) is 3.12. The Morgan fingerprint density at radius 2 is 1.47 bits per heavy atom. The third-order valence-electron chi connectivity index (χ3n) is 4.85.